The molecule has 1 heterocycles. The molecular formula is C19H18ClFN2O2S. The Balaban J connectivity index is 1.83. The number of halogens is 2. The highest BCUT2D eigenvalue weighted by Crippen LogP contribution is 2.24. The predicted molar refractivity (Wildman–Crippen MR) is 102 cm³/mol. The number of hydrogen-bond donors (Lipinski definition) is 0. The average molecular weight is 393 g/mol. The van der Waals surface area contributed by atoms with Gasteiger partial charge in [0.1, 0.15) is 5.82 Å². The third kappa shape index (κ3) is 3.76. The standard InChI is InChI=1S/C19H18ClFN2O2S/c1-14-10-16(20)6-7-19(14)22(2)12-15-8-9-23(13-15)26(24,25)18-5-3-4-17(21)11-18/h3-11,13H,12H2,1-2H3. The van der Waals surface area contributed by atoms with E-state index in [9.17, 15) is 12.8 Å². The lowest BCUT2D eigenvalue weighted by Crippen LogP contribution is -2.17. The first-order chi connectivity index (χ1) is 12.3. The Hall–Kier alpha value is -2.31. The van der Waals surface area contributed by atoms with Crippen LogP contribution in [-0.2, 0) is 16.6 Å². The Labute approximate surface area is 157 Å². The Morgan fingerprint density at radius 3 is 2.62 bits per heavy atom. The molecule has 2 aromatic carbocycles. The maximum atomic E-state index is 13.4. The molecule has 0 spiro atoms. The lowest BCUT2D eigenvalue weighted by Gasteiger charge is -2.21. The first kappa shape index (κ1) is 18.5. The molecule has 0 bridgehead atoms. The van der Waals surface area contributed by atoms with E-state index in [1.165, 1.54) is 24.4 Å². The summed E-state index contributed by atoms with van der Waals surface area (Å²) in [5.41, 5.74) is 2.86. The van der Waals surface area contributed by atoms with Crippen molar-refractivity contribution in [2.75, 3.05) is 11.9 Å². The average Bonchev–Trinajstić information content (AvgIpc) is 3.04. The molecule has 26 heavy (non-hydrogen) atoms. The van der Waals surface area contributed by atoms with Crippen molar-refractivity contribution < 1.29 is 12.8 Å². The van der Waals surface area contributed by atoms with E-state index in [4.69, 9.17) is 11.6 Å². The van der Waals surface area contributed by atoms with Crippen LogP contribution in [0.3, 0.4) is 0 Å². The number of benzene rings is 2. The molecule has 3 rings (SSSR count). The number of anilines is 1. The summed E-state index contributed by atoms with van der Waals surface area (Å²) in [7, 11) is -1.89. The largest absolute Gasteiger partial charge is 0.370 e. The summed E-state index contributed by atoms with van der Waals surface area (Å²) in [6.07, 6.45) is 3.01. The van der Waals surface area contributed by atoms with Gasteiger partial charge in [-0.3, -0.25) is 0 Å². The Morgan fingerprint density at radius 2 is 1.92 bits per heavy atom. The molecule has 4 nitrogen and oxygen atoms in total. The number of nitrogens with zero attached hydrogens (tertiary/aromatic N) is 2. The van der Waals surface area contributed by atoms with Gasteiger partial charge in [0.05, 0.1) is 4.90 Å². The van der Waals surface area contributed by atoms with E-state index >= 15 is 0 Å². The fourth-order valence-electron chi connectivity index (χ4n) is 2.82. The Kier molecular flexibility index (Phi) is 5.07. The van der Waals surface area contributed by atoms with Crippen LogP contribution >= 0.6 is 11.6 Å². The highest BCUT2D eigenvalue weighted by Gasteiger charge is 2.18. The molecule has 0 saturated carbocycles. The summed E-state index contributed by atoms with van der Waals surface area (Å²) in [5.74, 6) is -0.587. The third-order valence-electron chi connectivity index (χ3n) is 4.09. The smallest absolute Gasteiger partial charge is 0.267 e. The fourth-order valence-corrected chi connectivity index (χ4v) is 4.29. The second-order valence-corrected chi connectivity index (χ2v) is 8.38. The topological polar surface area (TPSA) is 42.3 Å². The summed E-state index contributed by atoms with van der Waals surface area (Å²) in [5, 5.41) is 0.673. The van der Waals surface area contributed by atoms with Crippen molar-refractivity contribution in [2.45, 2.75) is 18.4 Å². The minimum absolute atomic E-state index is 0.0819. The van der Waals surface area contributed by atoms with E-state index in [2.05, 4.69) is 0 Å². The number of rotatable bonds is 5. The zero-order chi connectivity index (χ0) is 18.9. The summed E-state index contributed by atoms with van der Waals surface area (Å²) in [6.45, 7) is 2.49. The third-order valence-corrected chi connectivity index (χ3v) is 5.96. The van der Waals surface area contributed by atoms with Crippen LogP contribution in [0.5, 0.6) is 0 Å². The molecule has 0 atom stereocenters. The number of aromatic nitrogens is 1. The Morgan fingerprint density at radius 1 is 1.15 bits per heavy atom. The maximum absolute atomic E-state index is 13.4. The van der Waals surface area contributed by atoms with Crippen molar-refractivity contribution in [2.24, 2.45) is 0 Å². The van der Waals surface area contributed by atoms with Gasteiger partial charge < -0.3 is 4.90 Å². The summed E-state index contributed by atoms with van der Waals surface area (Å²) >= 11 is 5.99. The van der Waals surface area contributed by atoms with Crippen molar-refractivity contribution in [3.63, 3.8) is 0 Å². The molecule has 0 unspecified atom stereocenters. The molecule has 0 aliphatic heterocycles. The normalized spacial score (nSPS) is 11.5. The van der Waals surface area contributed by atoms with Gasteiger partial charge in [-0.25, -0.2) is 16.8 Å². The van der Waals surface area contributed by atoms with Crippen molar-refractivity contribution in [3.05, 3.63) is 82.9 Å². The Bertz CT molecular complexity index is 1050. The van der Waals surface area contributed by atoms with Gasteiger partial charge in [0.25, 0.3) is 10.0 Å². The van der Waals surface area contributed by atoms with Crippen molar-refractivity contribution in [3.8, 4) is 0 Å². The van der Waals surface area contributed by atoms with Crippen LogP contribution in [-0.4, -0.2) is 19.4 Å². The molecule has 0 aliphatic carbocycles. The van der Waals surface area contributed by atoms with Crippen LogP contribution in [0.1, 0.15) is 11.1 Å². The molecule has 0 fully saturated rings. The van der Waals surface area contributed by atoms with Crippen molar-refractivity contribution >= 4 is 27.3 Å². The number of aryl methyl sites for hydroxylation is 1. The van der Waals surface area contributed by atoms with Gasteiger partial charge in [0.15, 0.2) is 0 Å². The monoisotopic (exact) mass is 392 g/mol. The molecule has 7 heteroatoms. The van der Waals surface area contributed by atoms with E-state index < -0.39 is 15.8 Å². The molecule has 136 valence electrons. The van der Waals surface area contributed by atoms with E-state index in [0.717, 1.165) is 26.9 Å². The lowest BCUT2D eigenvalue weighted by molar-refractivity contribution is 0.583. The first-order valence-corrected chi connectivity index (χ1v) is 9.74. The van der Waals surface area contributed by atoms with Crippen molar-refractivity contribution in [1.29, 1.82) is 0 Å². The van der Waals surface area contributed by atoms with E-state index in [1.807, 2.05) is 37.1 Å². The zero-order valence-corrected chi connectivity index (χ0v) is 15.9. The van der Waals surface area contributed by atoms with Crippen LogP contribution in [0.25, 0.3) is 0 Å². The molecule has 0 aliphatic rings. The lowest BCUT2D eigenvalue weighted by atomic mass is 10.2. The van der Waals surface area contributed by atoms with Crippen LogP contribution in [0.15, 0.2) is 65.8 Å². The van der Waals surface area contributed by atoms with E-state index in [1.54, 1.807) is 12.3 Å². The summed E-state index contributed by atoms with van der Waals surface area (Å²) in [6, 6.07) is 12.3. The van der Waals surface area contributed by atoms with Gasteiger partial charge in [-0.2, -0.15) is 0 Å². The molecule has 1 aromatic heterocycles. The second-order valence-electron chi connectivity index (χ2n) is 6.10. The molecule has 3 aromatic rings. The van der Waals surface area contributed by atoms with Gasteiger partial charge in [-0.05, 0) is 60.5 Å². The van der Waals surface area contributed by atoms with Gasteiger partial charge in [-0.15, -0.1) is 0 Å². The van der Waals surface area contributed by atoms with Crippen LogP contribution < -0.4 is 4.90 Å². The van der Waals surface area contributed by atoms with Gasteiger partial charge in [0.2, 0.25) is 0 Å². The highest BCUT2D eigenvalue weighted by atomic mass is 35.5. The van der Waals surface area contributed by atoms with Crippen LogP contribution in [0.2, 0.25) is 5.02 Å². The summed E-state index contributed by atoms with van der Waals surface area (Å²) in [4.78, 5) is 1.93. The SMILES string of the molecule is Cc1cc(Cl)ccc1N(C)Cc1ccn(S(=O)(=O)c2cccc(F)c2)c1. The van der Waals surface area contributed by atoms with Crippen molar-refractivity contribution in [1.82, 2.24) is 3.97 Å². The molecule has 0 N–H and O–H groups in total. The van der Waals surface area contributed by atoms with Crippen LogP contribution in [0, 0.1) is 12.7 Å². The molecular weight excluding hydrogens is 375 g/mol. The maximum Gasteiger partial charge on any atom is 0.267 e. The molecule has 0 amide bonds. The fraction of sp³-hybridized carbons (Fsp3) is 0.158. The minimum atomic E-state index is -3.81. The zero-order valence-electron chi connectivity index (χ0n) is 14.4. The molecule has 0 saturated heterocycles. The minimum Gasteiger partial charge on any atom is -0.370 e. The first-order valence-electron chi connectivity index (χ1n) is 7.93. The number of hydrogen-bond acceptors (Lipinski definition) is 3. The molecule has 0 radical (unpaired) electrons. The predicted octanol–water partition coefficient (Wildman–Crippen LogP) is 4.46. The van der Waals surface area contributed by atoms with Crippen LogP contribution in [0.4, 0.5) is 10.1 Å². The van der Waals surface area contributed by atoms with E-state index in [0.29, 0.717) is 11.6 Å². The van der Waals surface area contributed by atoms with Gasteiger partial charge >= 0.3 is 0 Å². The quantitative estimate of drug-likeness (QED) is 0.643. The highest BCUT2D eigenvalue weighted by molar-refractivity contribution is 7.90. The van der Waals surface area contributed by atoms with E-state index in [-0.39, 0.29) is 4.90 Å². The van der Waals surface area contributed by atoms with Gasteiger partial charge in [0, 0.05) is 36.7 Å². The van der Waals surface area contributed by atoms with Gasteiger partial charge in [-0.1, -0.05) is 17.7 Å². The second kappa shape index (κ2) is 7.13. The summed E-state index contributed by atoms with van der Waals surface area (Å²) < 4.78 is 39.7.